The Kier molecular flexibility index (Phi) is 4.43. The number of aliphatic imine (C=N–C) groups is 1. The Balaban J connectivity index is 3.96. The van der Waals surface area contributed by atoms with Crippen LogP contribution in [0, 0.1) is 0 Å². The molecule has 0 rings (SSSR count). The van der Waals surface area contributed by atoms with Crippen molar-refractivity contribution in [1.29, 1.82) is 0 Å². The number of carbonyl (C=O) groups is 2. The van der Waals surface area contributed by atoms with E-state index in [0.717, 1.165) is 6.34 Å². The van der Waals surface area contributed by atoms with Crippen molar-refractivity contribution in [3.05, 3.63) is 0 Å². The van der Waals surface area contributed by atoms with Crippen LogP contribution in [0.3, 0.4) is 0 Å². The second-order valence-corrected chi connectivity index (χ2v) is 2.04. The van der Waals surface area contributed by atoms with Crippen molar-refractivity contribution < 1.29 is 19.8 Å². The van der Waals surface area contributed by atoms with Crippen molar-refractivity contribution in [3.63, 3.8) is 0 Å². The van der Waals surface area contributed by atoms with E-state index < -0.39 is 18.0 Å². The molecular formula is C6H8N2O4-2. The zero-order valence-electron chi connectivity index (χ0n) is 6.23. The van der Waals surface area contributed by atoms with Crippen LogP contribution in [0.25, 0.3) is 0 Å². The third-order valence-corrected chi connectivity index (χ3v) is 1.16. The molecule has 12 heavy (non-hydrogen) atoms. The average molecular weight is 172 g/mol. The van der Waals surface area contributed by atoms with Crippen LogP contribution in [-0.2, 0) is 9.59 Å². The molecule has 0 aromatic rings. The Bertz CT molecular complexity index is 202. The van der Waals surface area contributed by atoms with Gasteiger partial charge in [0.1, 0.15) is 0 Å². The van der Waals surface area contributed by atoms with Crippen LogP contribution in [0.2, 0.25) is 0 Å². The highest BCUT2D eigenvalue weighted by atomic mass is 16.4. The van der Waals surface area contributed by atoms with E-state index in [9.17, 15) is 19.8 Å². The molecule has 2 N–H and O–H groups in total. The van der Waals surface area contributed by atoms with E-state index >= 15 is 0 Å². The molecule has 0 heterocycles. The molecule has 0 spiro atoms. The van der Waals surface area contributed by atoms with E-state index in [2.05, 4.69) is 4.99 Å². The van der Waals surface area contributed by atoms with Gasteiger partial charge in [0.25, 0.3) is 0 Å². The number of aliphatic carboxylic acids is 2. The Morgan fingerprint density at radius 2 is 2.08 bits per heavy atom. The molecule has 0 aromatic carbocycles. The van der Waals surface area contributed by atoms with Crippen LogP contribution in [-0.4, -0.2) is 24.3 Å². The molecule has 6 nitrogen and oxygen atoms in total. The van der Waals surface area contributed by atoms with E-state index in [0.29, 0.717) is 0 Å². The van der Waals surface area contributed by atoms with E-state index in [4.69, 9.17) is 5.73 Å². The minimum atomic E-state index is -1.45. The highest BCUT2D eigenvalue weighted by Gasteiger charge is 2.06. The average Bonchev–Trinajstić information content (AvgIpc) is 1.96. The van der Waals surface area contributed by atoms with Gasteiger partial charge in [-0.2, -0.15) is 0 Å². The van der Waals surface area contributed by atoms with Gasteiger partial charge in [-0.05, 0) is 12.8 Å². The van der Waals surface area contributed by atoms with Crippen molar-refractivity contribution in [3.8, 4) is 0 Å². The summed E-state index contributed by atoms with van der Waals surface area (Å²) in [4.78, 5) is 23.4. The van der Waals surface area contributed by atoms with Crippen LogP contribution >= 0.6 is 0 Å². The molecule has 0 aromatic heterocycles. The fourth-order valence-electron chi connectivity index (χ4n) is 0.612. The number of nitrogens with two attached hydrogens (primary N) is 1. The smallest absolute Gasteiger partial charge is 0.0913 e. The van der Waals surface area contributed by atoms with Gasteiger partial charge < -0.3 is 25.5 Å². The Morgan fingerprint density at radius 1 is 1.50 bits per heavy atom. The van der Waals surface area contributed by atoms with Gasteiger partial charge in [-0.1, -0.05) is 0 Å². The largest absolute Gasteiger partial charge is 0.550 e. The second kappa shape index (κ2) is 5.11. The molecule has 6 heteroatoms. The first kappa shape index (κ1) is 10.4. The van der Waals surface area contributed by atoms with Crippen molar-refractivity contribution in [2.24, 2.45) is 10.7 Å². The number of nitrogens with zero attached hydrogens (tertiary/aromatic N) is 1. The molecule has 0 bridgehead atoms. The summed E-state index contributed by atoms with van der Waals surface area (Å²) in [6, 6.07) is -1.20. The fraction of sp³-hybridized carbons (Fsp3) is 0.500. The second-order valence-electron chi connectivity index (χ2n) is 2.04. The van der Waals surface area contributed by atoms with Crippen LogP contribution < -0.4 is 15.9 Å². The summed E-state index contributed by atoms with van der Waals surface area (Å²) in [7, 11) is 0. The summed E-state index contributed by atoms with van der Waals surface area (Å²) in [5.41, 5.74) is 4.83. The van der Waals surface area contributed by atoms with E-state index in [1.807, 2.05) is 0 Å². The summed E-state index contributed by atoms with van der Waals surface area (Å²) < 4.78 is 0. The van der Waals surface area contributed by atoms with Gasteiger partial charge in [-0.3, -0.25) is 4.99 Å². The predicted molar refractivity (Wildman–Crippen MR) is 35.7 cm³/mol. The van der Waals surface area contributed by atoms with Gasteiger partial charge in [0, 0.05) is 5.97 Å². The lowest BCUT2D eigenvalue weighted by atomic mass is 10.2. The zero-order chi connectivity index (χ0) is 9.56. The summed E-state index contributed by atoms with van der Waals surface area (Å²) in [6.45, 7) is 0. The summed E-state index contributed by atoms with van der Waals surface area (Å²) in [5.74, 6) is -2.77. The third kappa shape index (κ3) is 4.26. The maximum Gasteiger partial charge on any atom is 0.0913 e. The molecule has 0 aliphatic carbocycles. The Labute approximate surface area is 68.7 Å². The fourth-order valence-corrected chi connectivity index (χ4v) is 0.612. The van der Waals surface area contributed by atoms with E-state index in [1.165, 1.54) is 0 Å². The summed E-state index contributed by atoms with van der Waals surface area (Å²) >= 11 is 0. The minimum absolute atomic E-state index is 0.168. The quantitative estimate of drug-likeness (QED) is 0.343. The number of hydrogen-bond acceptors (Lipinski definition) is 5. The molecule has 0 aliphatic heterocycles. The molecule has 0 saturated carbocycles. The van der Waals surface area contributed by atoms with Crippen LogP contribution in [0.1, 0.15) is 12.8 Å². The number of carbonyl (C=O) groups excluding carboxylic acids is 2. The Morgan fingerprint density at radius 3 is 2.42 bits per heavy atom. The number of carboxylic acid groups (broad SMARTS) is 2. The highest BCUT2D eigenvalue weighted by molar-refractivity contribution is 5.74. The van der Waals surface area contributed by atoms with Gasteiger partial charge in [0.15, 0.2) is 0 Å². The van der Waals surface area contributed by atoms with Gasteiger partial charge in [-0.25, -0.2) is 0 Å². The highest BCUT2D eigenvalue weighted by Crippen LogP contribution is 1.99. The minimum Gasteiger partial charge on any atom is -0.550 e. The summed E-state index contributed by atoms with van der Waals surface area (Å²) in [6.07, 6.45) is 0.254. The molecule has 1 unspecified atom stereocenters. The zero-order valence-corrected chi connectivity index (χ0v) is 6.23. The SMILES string of the molecule is NC=NC(CCC(=O)[O-])C(=O)[O-]. The number of hydrogen-bond donors (Lipinski definition) is 1. The van der Waals surface area contributed by atoms with Crippen molar-refractivity contribution in [1.82, 2.24) is 0 Å². The van der Waals surface area contributed by atoms with Gasteiger partial charge >= 0.3 is 0 Å². The first-order valence-electron chi connectivity index (χ1n) is 3.22. The first-order chi connectivity index (χ1) is 5.57. The first-order valence-corrected chi connectivity index (χ1v) is 3.22. The summed E-state index contributed by atoms with van der Waals surface area (Å²) in [5, 5.41) is 20.1. The lowest BCUT2D eigenvalue weighted by Gasteiger charge is -2.12. The number of rotatable bonds is 5. The molecule has 0 saturated heterocycles. The molecule has 0 amide bonds. The van der Waals surface area contributed by atoms with E-state index in [1.54, 1.807) is 0 Å². The third-order valence-electron chi connectivity index (χ3n) is 1.16. The van der Waals surface area contributed by atoms with Gasteiger partial charge in [0.05, 0.1) is 18.3 Å². The van der Waals surface area contributed by atoms with Gasteiger partial charge in [0.2, 0.25) is 0 Å². The molecule has 68 valence electrons. The molecule has 0 aliphatic rings. The monoisotopic (exact) mass is 172 g/mol. The maximum absolute atomic E-state index is 10.2. The predicted octanol–water partition coefficient (Wildman–Crippen LogP) is -3.38. The van der Waals surface area contributed by atoms with Crippen molar-refractivity contribution in [2.45, 2.75) is 18.9 Å². The van der Waals surface area contributed by atoms with Crippen LogP contribution in [0.5, 0.6) is 0 Å². The van der Waals surface area contributed by atoms with Crippen molar-refractivity contribution in [2.75, 3.05) is 0 Å². The molecule has 0 radical (unpaired) electrons. The van der Waals surface area contributed by atoms with Gasteiger partial charge in [-0.15, -0.1) is 0 Å². The lowest BCUT2D eigenvalue weighted by molar-refractivity contribution is -0.309. The lowest BCUT2D eigenvalue weighted by Crippen LogP contribution is -2.36. The molecule has 0 fully saturated rings. The van der Waals surface area contributed by atoms with Crippen LogP contribution in [0.15, 0.2) is 4.99 Å². The normalized spacial score (nSPS) is 13.0. The molecule has 1 atom stereocenters. The maximum atomic E-state index is 10.2. The topological polar surface area (TPSA) is 119 Å². The van der Waals surface area contributed by atoms with Crippen molar-refractivity contribution >= 4 is 18.3 Å². The van der Waals surface area contributed by atoms with E-state index in [-0.39, 0.29) is 12.8 Å². The number of carboxylic acids is 2. The standard InChI is InChI=1S/C6H10N2O4/c7-3-8-4(6(11)12)1-2-5(9)10/h3-4H,1-2H2,(H2,7,8)(H,9,10)(H,11,12)/p-2. The Hall–Kier alpha value is -1.59. The molecular weight excluding hydrogens is 164 g/mol. The van der Waals surface area contributed by atoms with Crippen LogP contribution in [0.4, 0.5) is 0 Å².